The maximum atomic E-state index is 4.36. The summed E-state index contributed by atoms with van der Waals surface area (Å²) >= 11 is 0. The first-order valence-corrected chi connectivity index (χ1v) is 5.25. The summed E-state index contributed by atoms with van der Waals surface area (Å²) in [6.07, 6.45) is 8.17. The van der Waals surface area contributed by atoms with Crippen molar-refractivity contribution in [2.45, 2.75) is 59.3 Å². The molecule has 1 nitrogen and oxygen atoms in total. The summed E-state index contributed by atoms with van der Waals surface area (Å²) in [5.41, 5.74) is 1.21. The number of unbranched alkanes of at least 4 members (excludes halogenated alkanes) is 5. The van der Waals surface area contributed by atoms with Crippen molar-refractivity contribution in [1.29, 1.82) is 0 Å². The van der Waals surface area contributed by atoms with Crippen LogP contribution in [0.3, 0.4) is 0 Å². The Labute approximate surface area is 77.3 Å². The number of nitrogens with zero attached hydrogens (tertiary/aromatic N) is 1. The van der Waals surface area contributed by atoms with Gasteiger partial charge in [0.05, 0.1) is 0 Å². The summed E-state index contributed by atoms with van der Waals surface area (Å²) in [4.78, 5) is 4.36. The number of hydrogen-bond acceptors (Lipinski definition) is 1. The molecule has 0 radical (unpaired) electrons. The molecule has 0 heterocycles. The van der Waals surface area contributed by atoms with Crippen molar-refractivity contribution in [3.63, 3.8) is 0 Å². The van der Waals surface area contributed by atoms with Crippen molar-refractivity contribution in [3.05, 3.63) is 0 Å². The van der Waals surface area contributed by atoms with Gasteiger partial charge in [-0.05, 0) is 20.3 Å². The van der Waals surface area contributed by atoms with E-state index in [4.69, 9.17) is 0 Å². The molecule has 0 amide bonds. The Hall–Kier alpha value is -0.330. The second-order valence-electron chi connectivity index (χ2n) is 3.60. The molecule has 1 heteroatoms. The van der Waals surface area contributed by atoms with Crippen LogP contribution in [0.25, 0.3) is 0 Å². The fourth-order valence-electron chi connectivity index (χ4n) is 1.19. The van der Waals surface area contributed by atoms with Gasteiger partial charge < -0.3 is 0 Å². The first kappa shape index (κ1) is 11.7. The third-order valence-electron chi connectivity index (χ3n) is 1.94. The molecule has 0 N–H and O–H groups in total. The van der Waals surface area contributed by atoms with Crippen LogP contribution in [0.15, 0.2) is 4.99 Å². The Kier molecular flexibility index (Phi) is 8.52. The van der Waals surface area contributed by atoms with Crippen LogP contribution in [-0.2, 0) is 0 Å². The highest BCUT2D eigenvalue weighted by Gasteiger charge is 1.88. The van der Waals surface area contributed by atoms with Crippen LogP contribution >= 0.6 is 0 Å². The van der Waals surface area contributed by atoms with Gasteiger partial charge in [-0.1, -0.05) is 39.0 Å². The van der Waals surface area contributed by atoms with Gasteiger partial charge in [-0.2, -0.15) is 0 Å². The highest BCUT2D eigenvalue weighted by molar-refractivity contribution is 5.78. The monoisotopic (exact) mass is 169 g/mol. The third-order valence-corrected chi connectivity index (χ3v) is 1.94. The zero-order valence-electron chi connectivity index (χ0n) is 8.90. The van der Waals surface area contributed by atoms with E-state index < -0.39 is 0 Å². The summed E-state index contributed by atoms with van der Waals surface area (Å²) < 4.78 is 0. The average Bonchev–Trinajstić information content (AvgIpc) is 2.02. The standard InChI is InChI=1S/C11H23N/c1-4-5-6-7-8-9-10-12-11(2)3/h4-10H2,1-3H3. The van der Waals surface area contributed by atoms with E-state index in [1.54, 1.807) is 0 Å². The second-order valence-corrected chi connectivity index (χ2v) is 3.60. The molecule has 0 rings (SSSR count). The van der Waals surface area contributed by atoms with Crippen LogP contribution < -0.4 is 0 Å². The van der Waals surface area contributed by atoms with E-state index in [9.17, 15) is 0 Å². The quantitative estimate of drug-likeness (QED) is 0.406. The summed E-state index contributed by atoms with van der Waals surface area (Å²) in [7, 11) is 0. The van der Waals surface area contributed by atoms with Gasteiger partial charge >= 0.3 is 0 Å². The molecule has 0 aromatic rings. The summed E-state index contributed by atoms with van der Waals surface area (Å²) in [6.45, 7) is 7.42. The van der Waals surface area contributed by atoms with E-state index in [0.29, 0.717) is 0 Å². The molecule has 0 atom stereocenters. The fraction of sp³-hybridized carbons (Fsp3) is 0.909. The van der Waals surface area contributed by atoms with Crippen LogP contribution in [0.4, 0.5) is 0 Å². The van der Waals surface area contributed by atoms with Gasteiger partial charge in [0.1, 0.15) is 0 Å². The molecular formula is C11H23N. The molecule has 0 bridgehead atoms. The minimum Gasteiger partial charge on any atom is -0.295 e. The molecular weight excluding hydrogens is 146 g/mol. The van der Waals surface area contributed by atoms with E-state index >= 15 is 0 Å². The van der Waals surface area contributed by atoms with Crippen LogP contribution in [0, 0.1) is 0 Å². The van der Waals surface area contributed by atoms with Crippen molar-refractivity contribution in [2.75, 3.05) is 6.54 Å². The molecule has 0 fully saturated rings. The SMILES string of the molecule is CCCCCCCCN=C(C)C. The smallest absolute Gasteiger partial charge is 0.0388 e. The Morgan fingerprint density at radius 3 is 2.08 bits per heavy atom. The van der Waals surface area contributed by atoms with Crippen LogP contribution in [0.2, 0.25) is 0 Å². The predicted octanol–water partition coefficient (Wildman–Crippen LogP) is 3.83. The van der Waals surface area contributed by atoms with E-state index in [1.165, 1.54) is 44.2 Å². The molecule has 12 heavy (non-hydrogen) atoms. The predicted molar refractivity (Wildman–Crippen MR) is 57.0 cm³/mol. The summed E-state index contributed by atoms with van der Waals surface area (Å²) in [6, 6.07) is 0. The Morgan fingerprint density at radius 2 is 1.50 bits per heavy atom. The molecule has 0 unspecified atom stereocenters. The third kappa shape index (κ3) is 9.67. The molecule has 0 aliphatic rings. The highest BCUT2D eigenvalue weighted by Crippen LogP contribution is 2.04. The minimum absolute atomic E-state index is 1.04. The van der Waals surface area contributed by atoms with Crippen molar-refractivity contribution in [3.8, 4) is 0 Å². The van der Waals surface area contributed by atoms with E-state index in [1.807, 2.05) is 0 Å². The zero-order chi connectivity index (χ0) is 9.23. The Morgan fingerprint density at radius 1 is 0.917 bits per heavy atom. The molecule has 72 valence electrons. The lowest BCUT2D eigenvalue weighted by Gasteiger charge is -1.97. The maximum absolute atomic E-state index is 4.36. The highest BCUT2D eigenvalue weighted by atomic mass is 14.7. The number of hydrogen-bond donors (Lipinski definition) is 0. The molecule has 0 saturated carbocycles. The van der Waals surface area contributed by atoms with Gasteiger partial charge in [0, 0.05) is 12.3 Å². The first-order valence-electron chi connectivity index (χ1n) is 5.25. The topological polar surface area (TPSA) is 12.4 Å². The van der Waals surface area contributed by atoms with Gasteiger partial charge in [-0.25, -0.2) is 0 Å². The Bertz CT molecular complexity index is 112. The van der Waals surface area contributed by atoms with Crippen molar-refractivity contribution >= 4 is 5.71 Å². The first-order chi connectivity index (χ1) is 5.77. The lowest BCUT2D eigenvalue weighted by atomic mass is 10.1. The average molecular weight is 169 g/mol. The van der Waals surface area contributed by atoms with Crippen LogP contribution in [0.5, 0.6) is 0 Å². The van der Waals surface area contributed by atoms with Gasteiger partial charge in [0.15, 0.2) is 0 Å². The normalized spacial score (nSPS) is 9.92. The molecule has 0 saturated heterocycles. The van der Waals surface area contributed by atoms with Gasteiger partial charge in [0.2, 0.25) is 0 Å². The van der Waals surface area contributed by atoms with Gasteiger partial charge in [0.25, 0.3) is 0 Å². The van der Waals surface area contributed by atoms with Crippen molar-refractivity contribution in [1.82, 2.24) is 0 Å². The second kappa shape index (κ2) is 8.76. The lowest BCUT2D eigenvalue weighted by Crippen LogP contribution is -1.87. The number of rotatable bonds is 7. The van der Waals surface area contributed by atoms with Crippen molar-refractivity contribution in [2.24, 2.45) is 4.99 Å². The van der Waals surface area contributed by atoms with Crippen LogP contribution in [-0.4, -0.2) is 12.3 Å². The van der Waals surface area contributed by atoms with E-state index in [-0.39, 0.29) is 0 Å². The maximum Gasteiger partial charge on any atom is 0.0388 e. The number of aliphatic imine (C=N–C) groups is 1. The molecule has 0 aromatic heterocycles. The van der Waals surface area contributed by atoms with Gasteiger partial charge in [-0.3, -0.25) is 4.99 Å². The Balaban J connectivity index is 2.96. The van der Waals surface area contributed by atoms with Crippen LogP contribution in [0.1, 0.15) is 59.3 Å². The molecule has 0 spiro atoms. The fourth-order valence-corrected chi connectivity index (χ4v) is 1.19. The van der Waals surface area contributed by atoms with Gasteiger partial charge in [-0.15, -0.1) is 0 Å². The molecule has 0 aliphatic heterocycles. The molecule has 0 aromatic carbocycles. The minimum atomic E-state index is 1.04. The van der Waals surface area contributed by atoms with Crippen molar-refractivity contribution < 1.29 is 0 Å². The largest absolute Gasteiger partial charge is 0.295 e. The summed E-state index contributed by atoms with van der Waals surface area (Å²) in [5, 5.41) is 0. The zero-order valence-corrected chi connectivity index (χ0v) is 8.90. The van der Waals surface area contributed by atoms with E-state index in [0.717, 1.165) is 6.54 Å². The van der Waals surface area contributed by atoms with E-state index in [2.05, 4.69) is 25.8 Å². The lowest BCUT2D eigenvalue weighted by molar-refractivity contribution is 0.612. The summed E-state index contributed by atoms with van der Waals surface area (Å²) in [5.74, 6) is 0. The molecule has 0 aliphatic carbocycles.